The Morgan fingerprint density at radius 2 is 1.89 bits per heavy atom. The molecule has 0 atom stereocenters. The van der Waals surface area contributed by atoms with E-state index < -0.39 is 0 Å². The molecule has 0 aliphatic carbocycles. The summed E-state index contributed by atoms with van der Waals surface area (Å²) in [6.45, 7) is 10.1. The van der Waals surface area contributed by atoms with Crippen molar-refractivity contribution < 1.29 is 0 Å². The summed E-state index contributed by atoms with van der Waals surface area (Å²) in [5, 5.41) is 0. The quantitative estimate of drug-likeness (QED) is 0.506. The summed E-state index contributed by atoms with van der Waals surface area (Å²) in [5.41, 5.74) is 2.73. The molecule has 0 nitrogen and oxygen atoms in total. The second-order valence-electron chi connectivity index (χ2n) is 2.59. The van der Waals surface area contributed by atoms with Gasteiger partial charge < -0.3 is 0 Å². The van der Waals surface area contributed by atoms with Gasteiger partial charge in [0.15, 0.2) is 0 Å². The standard InChI is InChI=1S/C9H16/c1-5-9(4)7-6-8(2)3/h5H,2,6-7H2,1,3-4H3/b9-5-. The van der Waals surface area contributed by atoms with Gasteiger partial charge in [-0.05, 0) is 33.6 Å². The molecule has 0 spiro atoms. The van der Waals surface area contributed by atoms with Crippen LogP contribution >= 0.6 is 0 Å². The fraction of sp³-hybridized carbons (Fsp3) is 0.556. The first-order valence-corrected chi connectivity index (χ1v) is 3.43. The van der Waals surface area contributed by atoms with Crippen molar-refractivity contribution in [2.24, 2.45) is 0 Å². The Bertz CT molecular complexity index is 118. The largest absolute Gasteiger partial charge is 0.100 e. The maximum absolute atomic E-state index is 3.83. The molecule has 0 bridgehead atoms. The van der Waals surface area contributed by atoms with Crippen molar-refractivity contribution in [1.29, 1.82) is 0 Å². The lowest BCUT2D eigenvalue weighted by Crippen LogP contribution is -1.77. The van der Waals surface area contributed by atoms with Gasteiger partial charge in [0.25, 0.3) is 0 Å². The van der Waals surface area contributed by atoms with E-state index in [9.17, 15) is 0 Å². The van der Waals surface area contributed by atoms with Crippen LogP contribution in [0.1, 0.15) is 33.6 Å². The highest BCUT2D eigenvalue weighted by Crippen LogP contribution is 2.07. The van der Waals surface area contributed by atoms with Crippen molar-refractivity contribution in [2.45, 2.75) is 33.6 Å². The molecule has 0 fully saturated rings. The molecule has 0 aliphatic heterocycles. The molecule has 0 aliphatic rings. The van der Waals surface area contributed by atoms with Crippen LogP contribution in [0.5, 0.6) is 0 Å². The molecule has 0 saturated heterocycles. The van der Waals surface area contributed by atoms with Crippen molar-refractivity contribution in [1.82, 2.24) is 0 Å². The van der Waals surface area contributed by atoms with Crippen molar-refractivity contribution in [2.75, 3.05) is 0 Å². The van der Waals surface area contributed by atoms with Gasteiger partial charge in [-0.2, -0.15) is 0 Å². The summed E-state index contributed by atoms with van der Waals surface area (Å²) in [6.07, 6.45) is 4.46. The molecule has 0 aromatic heterocycles. The summed E-state index contributed by atoms with van der Waals surface area (Å²) in [7, 11) is 0. The highest BCUT2D eigenvalue weighted by Gasteiger charge is 1.87. The third-order valence-electron chi connectivity index (χ3n) is 1.44. The lowest BCUT2D eigenvalue weighted by atomic mass is 10.1. The van der Waals surface area contributed by atoms with Gasteiger partial charge in [-0.3, -0.25) is 0 Å². The lowest BCUT2D eigenvalue weighted by molar-refractivity contribution is 0.926. The topological polar surface area (TPSA) is 0 Å². The molecule has 0 heterocycles. The summed E-state index contributed by atoms with van der Waals surface area (Å²) < 4.78 is 0. The molecule has 0 radical (unpaired) electrons. The van der Waals surface area contributed by atoms with Gasteiger partial charge in [0.1, 0.15) is 0 Å². The molecule has 0 heteroatoms. The van der Waals surface area contributed by atoms with Crippen molar-refractivity contribution in [3.8, 4) is 0 Å². The molecule has 0 aromatic rings. The van der Waals surface area contributed by atoms with Crippen LogP contribution in [0.4, 0.5) is 0 Å². The van der Waals surface area contributed by atoms with E-state index in [4.69, 9.17) is 0 Å². The lowest BCUT2D eigenvalue weighted by Gasteiger charge is -1.97. The Labute approximate surface area is 58.3 Å². The van der Waals surface area contributed by atoms with E-state index in [2.05, 4.69) is 33.4 Å². The molecule has 0 N–H and O–H groups in total. The predicted molar refractivity (Wildman–Crippen MR) is 43.5 cm³/mol. The summed E-state index contributed by atoms with van der Waals surface area (Å²) in [5.74, 6) is 0. The number of allylic oxidation sites excluding steroid dienone is 3. The summed E-state index contributed by atoms with van der Waals surface area (Å²) in [6, 6.07) is 0. The van der Waals surface area contributed by atoms with Crippen molar-refractivity contribution in [3.63, 3.8) is 0 Å². The highest BCUT2D eigenvalue weighted by atomic mass is 13.9. The number of rotatable bonds is 3. The van der Waals surface area contributed by atoms with Crippen molar-refractivity contribution >= 4 is 0 Å². The zero-order valence-corrected chi connectivity index (χ0v) is 6.70. The Kier molecular flexibility index (Phi) is 4.12. The molecule has 0 amide bonds. The molecule has 0 saturated carbocycles. The van der Waals surface area contributed by atoms with Crippen LogP contribution in [0.2, 0.25) is 0 Å². The summed E-state index contributed by atoms with van der Waals surface area (Å²) >= 11 is 0. The van der Waals surface area contributed by atoms with Crippen LogP contribution in [0.15, 0.2) is 23.8 Å². The minimum absolute atomic E-state index is 1.14. The van der Waals surface area contributed by atoms with Crippen LogP contribution in [0, 0.1) is 0 Å². The molecule has 0 unspecified atom stereocenters. The average Bonchev–Trinajstić information content (AvgIpc) is 1.83. The first-order valence-electron chi connectivity index (χ1n) is 3.43. The highest BCUT2D eigenvalue weighted by molar-refractivity contribution is 5.00. The van der Waals surface area contributed by atoms with Crippen LogP contribution < -0.4 is 0 Å². The van der Waals surface area contributed by atoms with E-state index in [0.717, 1.165) is 6.42 Å². The zero-order valence-electron chi connectivity index (χ0n) is 6.70. The molecule has 0 rings (SSSR count). The van der Waals surface area contributed by atoms with E-state index in [0.29, 0.717) is 0 Å². The summed E-state index contributed by atoms with van der Waals surface area (Å²) in [4.78, 5) is 0. The van der Waals surface area contributed by atoms with Gasteiger partial charge in [-0.25, -0.2) is 0 Å². The van der Waals surface area contributed by atoms with Crippen LogP contribution in [-0.2, 0) is 0 Å². The maximum Gasteiger partial charge on any atom is -0.0286 e. The Morgan fingerprint density at radius 3 is 2.22 bits per heavy atom. The SMILES string of the molecule is C=C(C)CC/C(C)=C\C. The average molecular weight is 124 g/mol. The molecular formula is C9H16. The Balaban J connectivity index is 3.39. The second kappa shape index (κ2) is 4.37. The van der Waals surface area contributed by atoms with E-state index in [-0.39, 0.29) is 0 Å². The van der Waals surface area contributed by atoms with Gasteiger partial charge in [-0.1, -0.05) is 17.2 Å². The number of hydrogen-bond donors (Lipinski definition) is 0. The van der Waals surface area contributed by atoms with Gasteiger partial charge >= 0.3 is 0 Å². The van der Waals surface area contributed by atoms with Gasteiger partial charge in [0.2, 0.25) is 0 Å². The van der Waals surface area contributed by atoms with Crippen LogP contribution in [0.3, 0.4) is 0 Å². The zero-order chi connectivity index (χ0) is 7.28. The molecule has 0 aromatic carbocycles. The minimum Gasteiger partial charge on any atom is -0.100 e. The molecule has 52 valence electrons. The van der Waals surface area contributed by atoms with E-state index in [1.54, 1.807) is 0 Å². The van der Waals surface area contributed by atoms with Crippen LogP contribution in [0.25, 0.3) is 0 Å². The number of hydrogen-bond acceptors (Lipinski definition) is 0. The molecular weight excluding hydrogens is 108 g/mol. The Hall–Kier alpha value is -0.520. The molecule has 9 heavy (non-hydrogen) atoms. The first kappa shape index (κ1) is 8.48. The van der Waals surface area contributed by atoms with Crippen LogP contribution in [-0.4, -0.2) is 0 Å². The third kappa shape index (κ3) is 5.35. The maximum atomic E-state index is 3.83. The fourth-order valence-electron chi connectivity index (χ4n) is 0.555. The van der Waals surface area contributed by atoms with Gasteiger partial charge in [0, 0.05) is 0 Å². The van der Waals surface area contributed by atoms with Gasteiger partial charge in [0.05, 0.1) is 0 Å². The van der Waals surface area contributed by atoms with E-state index >= 15 is 0 Å². The normalized spacial score (nSPS) is 11.7. The first-order chi connectivity index (χ1) is 4.16. The Morgan fingerprint density at radius 1 is 1.33 bits per heavy atom. The van der Waals surface area contributed by atoms with Gasteiger partial charge in [-0.15, -0.1) is 6.58 Å². The second-order valence-corrected chi connectivity index (χ2v) is 2.59. The minimum atomic E-state index is 1.14. The third-order valence-corrected chi connectivity index (χ3v) is 1.44. The smallest absolute Gasteiger partial charge is 0.0286 e. The monoisotopic (exact) mass is 124 g/mol. The predicted octanol–water partition coefficient (Wildman–Crippen LogP) is 3.31. The van der Waals surface area contributed by atoms with Crippen molar-refractivity contribution in [3.05, 3.63) is 23.8 Å². The van der Waals surface area contributed by atoms with E-state index in [1.807, 2.05) is 0 Å². The fourth-order valence-corrected chi connectivity index (χ4v) is 0.555. The van der Waals surface area contributed by atoms with E-state index in [1.165, 1.54) is 17.6 Å².